The highest BCUT2D eigenvalue weighted by Crippen LogP contribution is 2.43. The number of nitrogens with zero attached hydrogens (tertiary/aromatic N) is 1. The number of halogens is 4. The smallest absolute Gasteiger partial charge is 0.416 e. The molecule has 1 aliphatic heterocycles. The first-order chi connectivity index (χ1) is 14.0. The minimum Gasteiger partial charge on any atom is -0.503 e. The Morgan fingerprint density at radius 1 is 1.13 bits per heavy atom. The fourth-order valence-corrected chi connectivity index (χ4v) is 3.43. The average Bonchev–Trinajstić information content (AvgIpc) is 2.92. The van der Waals surface area contributed by atoms with Crippen molar-refractivity contribution in [2.75, 3.05) is 4.90 Å². The van der Waals surface area contributed by atoms with Crippen molar-refractivity contribution in [2.45, 2.75) is 32.5 Å². The van der Waals surface area contributed by atoms with Gasteiger partial charge in [0.1, 0.15) is 5.82 Å². The second-order valence-corrected chi connectivity index (χ2v) is 7.46. The molecule has 0 saturated carbocycles. The molecule has 1 N–H and O–H groups in total. The SMILES string of the molecule is CC(C)CC(=O)C1=C(O)C(=O)N(c2cccc(C(F)(F)F)c2)C1c1ccc(F)cc1. The van der Waals surface area contributed by atoms with Gasteiger partial charge in [-0.1, -0.05) is 32.0 Å². The number of hydrogen-bond donors (Lipinski definition) is 1. The van der Waals surface area contributed by atoms with E-state index in [1.807, 2.05) is 0 Å². The number of anilines is 1. The zero-order chi connectivity index (χ0) is 22.2. The Labute approximate surface area is 170 Å². The van der Waals surface area contributed by atoms with Gasteiger partial charge in [0.2, 0.25) is 0 Å². The van der Waals surface area contributed by atoms with Crippen LogP contribution in [0.5, 0.6) is 0 Å². The van der Waals surface area contributed by atoms with Gasteiger partial charge in [-0.2, -0.15) is 13.2 Å². The number of carbonyl (C=O) groups excluding carboxylic acids is 2. The zero-order valence-corrected chi connectivity index (χ0v) is 16.2. The van der Waals surface area contributed by atoms with Crippen molar-refractivity contribution in [1.82, 2.24) is 0 Å². The number of hydrogen-bond acceptors (Lipinski definition) is 3. The Morgan fingerprint density at radius 3 is 2.33 bits per heavy atom. The first-order valence-corrected chi connectivity index (χ1v) is 9.23. The highest BCUT2D eigenvalue weighted by Gasteiger charge is 2.44. The number of aliphatic hydroxyl groups is 1. The summed E-state index contributed by atoms with van der Waals surface area (Å²) in [6, 6.07) is 7.77. The van der Waals surface area contributed by atoms with Gasteiger partial charge in [-0.15, -0.1) is 0 Å². The number of benzene rings is 2. The van der Waals surface area contributed by atoms with E-state index in [-0.39, 0.29) is 23.6 Å². The van der Waals surface area contributed by atoms with Crippen molar-refractivity contribution in [1.29, 1.82) is 0 Å². The molecule has 4 nitrogen and oxygen atoms in total. The standard InChI is InChI=1S/C22H19F4NO3/c1-12(2)10-17(28)18-19(13-6-8-15(23)9-7-13)27(21(30)20(18)29)16-5-3-4-14(11-16)22(24,25)26/h3-9,11-12,19,29H,10H2,1-2H3. The van der Waals surface area contributed by atoms with Crippen LogP contribution in [0.2, 0.25) is 0 Å². The van der Waals surface area contributed by atoms with E-state index < -0.39 is 41.0 Å². The number of alkyl halides is 3. The molecule has 1 heterocycles. The summed E-state index contributed by atoms with van der Waals surface area (Å²) < 4.78 is 53.0. The number of Topliss-reactive ketones (excluding diaryl/α,β-unsaturated/α-hetero) is 1. The molecule has 0 spiro atoms. The Morgan fingerprint density at radius 2 is 1.77 bits per heavy atom. The van der Waals surface area contributed by atoms with E-state index in [4.69, 9.17) is 0 Å². The summed E-state index contributed by atoms with van der Waals surface area (Å²) in [5.74, 6) is -2.94. The molecule has 30 heavy (non-hydrogen) atoms. The maximum absolute atomic E-state index is 13.4. The molecule has 0 radical (unpaired) electrons. The fraction of sp³-hybridized carbons (Fsp3) is 0.273. The molecule has 0 bridgehead atoms. The first-order valence-electron chi connectivity index (χ1n) is 9.23. The molecule has 0 fully saturated rings. The molecule has 158 valence electrons. The Hall–Kier alpha value is -3.16. The number of ketones is 1. The lowest BCUT2D eigenvalue weighted by molar-refractivity contribution is -0.137. The van der Waals surface area contributed by atoms with Crippen LogP contribution in [0.15, 0.2) is 59.9 Å². The van der Waals surface area contributed by atoms with Crippen molar-refractivity contribution in [3.63, 3.8) is 0 Å². The van der Waals surface area contributed by atoms with Crippen LogP contribution >= 0.6 is 0 Å². The third kappa shape index (κ3) is 4.08. The topological polar surface area (TPSA) is 57.6 Å². The summed E-state index contributed by atoms with van der Waals surface area (Å²) >= 11 is 0. The van der Waals surface area contributed by atoms with Gasteiger partial charge in [0.25, 0.3) is 5.91 Å². The van der Waals surface area contributed by atoms with E-state index in [9.17, 15) is 32.3 Å². The van der Waals surface area contributed by atoms with Gasteiger partial charge in [0.15, 0.2) is 11.5 Å². The molecule has 1 amide bonds. The van der Waals surface area contributed by atoms with E-state index >= 15 is 0 Å². The molecular weight excluding hydrogens is 402 g/mol. The summed E-state index contributed by atoms with van der Waals surface area (Å²) in [7, 11) is 0. The van der Waals surface area contributed by atoms with Crippen molar-refractivity contribution in [3.05, 3.63) is 76.8 Å². The Bertz CT molecular complexity index is 1010. The zero-order valence-electron chi connectivity index (χ0n) is 16.2. The first kappa shape index (κ1) is 21.5. The molecule has 0 aliphatic carbocycles. The van der Waals surface area contributed by atoms with Crippen LogP contribution in [0, 0.1) is 11.7 Å². The molecule has 1 atom stereocenters. The third-order valence-corrected chi connectivity index (χ3v) is 4.74. The highest BCUT2D eigenvalue weighted by atomic mass is 19.4. The lowest BCUT2D eigenvalue weighted by Crippen LogP contribution is -2.31. The van der Waals surface area contributed by atoms with Gasteiger partial charge < -0.3 is 5.11 Å². The van der Waals surface area contributed by atoms with Crippen LogP contribution in [0.4, 0.5) is 23.2 Å². The molecular formula is C22H19F4NO3. The second-order valence-electron chi connectivity index (χ2n) is 7.46. The molecule has 1 unspecified atom stereocenters. The lowest BCUT2D eigenvalue weighted by Gasteiger charge is -2.27. The van der Waals surface area contributed by atoms with E-state index in [0.29, 0.717) is 5.56 Å². The monoisotopic (exact) mass is 421 g/mol. The minimum atomic E-state index is -4.64. The normalized spacial score (nSPS) is 17.2. The summed E-state index contributed by atoms with van der Waals surface area (Å²) in [6.07, 6.45) is -4.61. The number of aliphatic hydroxyl groups excluding tert-OH is 1. The summed E-state index contributed by atoms with van der Waals surface area (Å²) in [5.41, 5.74) is -1.04. The quantitative estimate of drug-likeness (QED) is 0.662. The summed E-state index contributed by atoms with van der Waals surface area (Å²) in [5, 5.41) is 10.5. The maximum Gasteiger partial charge on any atom is 0.416 e. The molecule has 8 heteroatoms. The molecule has 0 aromatic heterocycles. The predicted molar refractivity (Wildman–Crippen MR) is 102 cm³/mol. The molecule has 2 aromatic carbocycles. The van der Waals surface area contributed by atoms with E-state index in [1.54, 1.807) is 13.8 Å². The van der Waals surface area contributed by atoms with Crippen molar-refractivity contribution >= 4 is 17.4 Å². The number of amides is 1. The lowest BCUT2D eigenvalue weighted by atomic mass is 9.92. The maximum atomic E-state index is 13.4. The summed E-state index contributed by atoms with van der Waals surface area (Å²) in [6.45, 7) is 3.56. The van der Waals surface area contributed by atoms with Gasteiger partial charge in [-0.3, -0.25) is 14.5 Å². The van der Waals surface area contributed by atoms with Crippen molar-refractivity contribution < 1.29 is 32.3 Å². The largest absolute Gasteiger partial charge is 0.503 e. The van der Waals surface area contributed by atoms with Crippen LogP contribution in [-0.2, 0) is 15.8 Å². The second kappa shape index (κ2) is 7.93. The van der Waals surface area contributed by atoms with E-state index in [1.165, 1.54) is 18.2 Å². The fourth-order valence-electron chi connectivity index (χ4n) is 3.43. The van der Waals surface area contributed by atoms with Crippen molar-refractivity contribution in [2.24, 2.45) is 5.92 Å². The molecule has 0 saturated heterocycles. The number of rotatable bonds is 5. The van der Waals surface area contributed by atoms with Gasteiger partial charge >= 0.3 is 6.18 Å². The van der Waals surface area contributed by atoms with E-state index in [0.717, 1.165) is 35.2 Å². The minimum absolute atomic E-state index is 0.0286. The van der Waals surface area contributed by atoms with Crippen LogP contribution in [0.3, 0.4) is 0 Å². The van der Waals surface area contributed by atoms with Gasteiger partial charge in [0, 0.05) is 12.1 Å². The van der Waals surface area contributed by atoms with Crippen LogP contribution in [0.1, 0.15) is 37.4 Å². The third-order valence-electron chi connectivity index (χ3n) is 4.74. The van der Waals surface area contributed by atoms with Crippen LogP contribution in [-0.4, -0.2) is 16.8 Å². The summed E-state index contributed by atoms with van der Waals surface area (Å²) in [4.78, 5) is 26.6. The molecule has 3 rings (SSSR count). The van der Waals surface area contributed by atoms with Crippen molar-refractivity contribution in [3.8, 4) is 0 Å². The molecule has 1 aliphatic rings. The van der Waals surface area contributed by atoms with Crippen LogP contribution in [0.25, 0.3) is 0 Å². The van der Waals surface area contributed by atoms with Crippen LogP contribution < -0.4 is 4.90 Å². The average molecular weight is 421 g/mol. The Balaban J connectivity index is 2.16. The van der Waals surface area contributed by atoms with E-state index in [2.05, 4.69) is 0 Å². The van der Waals surface area contributed by atoms with Gasteiger partial charge in [-0.25, -0.2) is 4.39 Å². The van der Waals surface area contributed by atoms with Gasteiger partial charge in [0.05, 0.1) is 17.2 Å². The highest BCUT2D eigenvalue weighted by molar-refractivity contribution is 6.16. The van der Waals surface area contributed by atoms with Gasteiger partial charge in [-0.05, 0) is 41.8 Å². The predicted octanol–water partition coefficient (Wildman–Crippen LogP) is 5.36. The number of carbonyl (C=O) groups is 2. The molecule has 2 aromatic rings. The Kier molecular flexibility index (Phi) is 5.70.